The molecule has 0 aromatic heterocycles. The lowest BCUT2D eigenvalue weighted by Gasteiger charge is -2.05. The lowest BCUT2D eigenvalue weighted by Crippen LogP contribution is -2.32. The van der Waals surface area contributed by atoms with E-state index in [2.05, 4.69) is 15.8 Å². The van der Waals surface area contributed by atoms with Crippen molar-refractivity contribution in [3.63, 3.8) is 0 Å². The molecule has 2 rings (SSSR count). The number of anilines is 1. The lowest BCUT2D eigenvalue weighted by atomic mass is 10.2. The van der Waals surface area contributed by atoms with Gasteiger partial charge >= 0.3 is 11.8 Å². The van der Waals surface area contributed by atoms with E-state index in [9.17, 15) is 14.0 Å². The molecule has 130 valence electrons. The molecule has 0 saturated heterocycles. The number of hydrazone groups is 1. The van der Waals surface area contributed by atoms with Gasteiger partial charge in [0.1, 0.15) is 11.6 Å². The molecule has 0 bridgehead atoms. The van der Waals surface area contributed by atoms with Gasteiger partial charge < -0.3 is 10.1 Å². The molecule has 0 aliphatic rings. The summed E-state index contributed by atoms with van der Waals surface area (Å²) in [5.41, 5.74) is 3.16. The van der Waals surface area contributed by atoms with Gasteiger partial charge in [0.2, 0.25) is 0 Å². The van der Waals surface area contributed by atoms with E-state index in [-0.39, 0.29) is 0 Å². The number of carbonyl (C=O) groups excluding carboxylic acids is 2. The van der Waals surface area contributed by atoms with Crippen LogP contribution in [0.4, 0.5) is 10.1 Å². The summed E-state index contributed by atoms with van der Waals surface area (Å²) in [6.07, 6.45) is 2.30. The van der Waals surface area contributed by atoms with Crippen molar-refractivity contribution in [2.75, 3.05) is 11.9 Å². The summed E-state index contributed by atoms with van der Waals surface area (Å²) in [5, 5.41) is 6.08. The highest BCUT2D eigenvalue weighted by Gasteiger charge is 2.12. The molecule has 2 N–H and O–H groups in total. The summed E-state index contributed by atoms with van der Waals surface area (Å²) >= 11 is 0. The molecule has 0 saturated carbocycles. The summed E-state index contributed by atoms with van der Waals surface area (Å²) in [6.45, 7) is 2.62. The first kappa shape index (κ1) is 18.1. The SMILES string of the molecule is CCCOc1cccc(/C=N\NC(=O)C(=O)Nc2ccc(F)cc2)c1. The molecule has 0 heterocycles. The van der Waals surface area contributed by atoms with E-state index in [1.165, 1.54) is 30.5 Å². The number of nitrogens with one attached hydrogen (secondary N) is 2. The van der Waals surface area contributed by atoms with Crippen molar-refractivity contribution in [1.29, 1.82) is 0 Å². The van der Waals surface area contributed by atoms with Gasteiger partial charge in [0.05, 0.1) is 12.8 Å². The third-order valence-corrected chi connectivity index (χ3v) is 3.02. The molecule has 25 heavy (non-hydrogen) atoms. The number of hydrogen-bond donors (Lipinski definition) is 2. The summed E-state index contributed by atoms with van der Waals surface area (Å²) in [4.78, 5) is 23.4. The van der Waals surface area contributed by atoms with Crippen LogP contribution in [0.3, 0.4) is 0 Å². The Balaban J connectivity index is 1.87. The zero-order valence-corrected chi connectivity index (χ0v) is 13.7. The van der Waals surface area contributed by atoms with Crippen molar-refractivity contribution in [3.8, 4) is 5.75 Å². The maximum absolute atomic E-state index is 12.8. The molecule has 0 aliphatic heterocycles. The van der Waals surface area contributed by atoms with Crippen LogP contribution in [0.15, 0.2) is 53.6 Å². The fraction of sp³-hybridized carbons (Fsp3) is 0.167. The Labute approximate surface area is 144 Å². The van der Waals surface area contributed by atoms with Crippen LogP contribution in [0.2, 0.25) is 0 Å². The second-order valence-electron chi connectivity index (χ2n) is 5.08. The molecule has 7 heteroatoms. The predicted molar refractivity (Wildman–Crippen MR) is 93.0 cm³/mol. The summed E-state index contributed by atoms with van der Waals surface area (Å²) in [6, 6.07) is 12.2. The first-order valence-electron chi connectivity index (χ1n) is 7.71. The second-order valence-corrected chi connectivity index (χ2v) is 5.08. The zero-order chi connectivity index (χ0) is 18.1. The van der Waals surface area contributed by atoms with E-state index in [0.29, 0.717) is 23.6 Å². The van der Waals surface area contributed by atoms with Gasteiger partial charge in [-0.25, -0.2) is 9.82 Å². The maximum Gasteiger partial charge on any atom is 0.329 e. The molecule has 2 aromatic carbocycles. The van der Waals surface area contributed by atoms with Crippen molar-refractivity contribution in [2.45, 2.75) is 13.3 Å². The highest BCUT2D eigenvalue weighted by Crippen LogP contribution is 2.12. The van der Waals surface area contributed by atoms with Gasteiger partial charge in [-0.15, -0.1) is 0 Å². The van der Waals surface area contributed by atoms with Crippen molar-refractivity contribution >= 4 is 23.7 Å². The second kappa shape index (κ2) is 9.17. The molecule has 0 unspecified atom stereocenters. The van der Waals surface area contributed by atoms with E-state index in [4.69, 9.17) is 4.74 Å². The average molecular weight is 343 g/mol. The lowest BCUT2D eigenvalue weighted by molar-refractivity contribution is -0.136. The van der Waals surface area contributed by atoms with Crippen molar-refractivity contribution in [1.82, 2.24) is 5.43 Å². The quantitative estimate of drug-likeness (QED) is 0.481. The summed E-state index contributed by atoms with van der Waals surface area (Å²) in [7, 11) is 0. The Morgan fingerprint density at radius 1 is 1.16 bits per heavy atom. The van der Waals surface area contributed by atoms with Crippen LogP contribution in [-0.2, 0) is 9.59 Å². The molecule has 0 spiro atoms. The number of carbonyl (C=O) groups is 2. The fourth-order valence-electron chi connectivity index (χ4n) is 1.84. The van der Waals surface area contributed by atoms with Crippen LogP contribution in [0.1, 0.15) is 18.9 Å². The molecule has 2 aromatic rings. The van der Waals surface area contributed by atoms with Gasteiger partial charge in [-0.05, 0) is 48.4 Å². The largest absolute Gasteiger partial charge is 0.494 e. The highest BCUT2D eigenvalue weighted by molar-refractivity contribution is 6.39. The van der Waals surface area contributed by atoms with Crippen LogP contribution in [0.25, 0.3) is 0 Å². The number of ether oxygens (including phenoxy) is 1. The van der Waals surface area contributed by atoms with Crippen LogP contribution < -0.4 is 15.5 Å². The van der Waals surface area contributed by atoms with E-state index in [1.807, 2.05) is 13.0 Å². The average Bonchev–Trinajstić information content (AvgIpc) is 2.62. The topological polar surface area (TPSA) is 79.8 Å². The Bertz CT molecular complexity index is 760. The predicted octanol–water partition coefficient (Wildman–Crippen LogP) is 2.70. The van der Waals surface area contributed by atoms with E-state index >= 15 is 0 Å². The molecule has 0 fully saturated rings. The smallest absolute Gasteiger partial charge is 0.329 e. The number of amides is 2. The first-order valence-corrected chi connectivity index (χ1v) is 7.71. The molecule has 0 radical (unpaired) electrons. The zero-order valence-electron chi connectivity index (χ0n) is 13.7. The molecule has 2 amide bonds. The maximum atomic E-state index is 12.8. The monoisotopic (exact) mass is 343 g/mol. The molecular weight excluding hydrogens is 325 g/mol. The highest BCUT2D eigenvalue weighted by atomic mass is 19.1. The Morgan fingerprint density at radius 3 is 2.64 bits per heavy atom. The Hall–Kier alpha value is -3.22. The third-order valence-electron chi connectivity index (χ3n) is 3.02. The Morgan fingerprint density at radius 2 is 1.92 bits per heavy atom. The number of halogens is 1. The normalized spacial score (nSPS) is 10.5. The van der Waals surface area contributed by atoms with Crippen LogP contribution in [0.5, 0.6) is 5.75 Å². The minimum atomic E-state index is -0.932. The fourth-order valence-corrected chi connectivity index (χ4v) is 1.84. The van der Waals surface area contributed by atoms with Gasteiger partial charge in [0.25, 0.3) is 0 Å². The molecule has 0 atom stereocenters. The van der Waals surface area contributed by atoms with Crippen LogP contribution >= 0.6 is 0 Å². The molecule has 6 nitrogen and oxygen atoms in total. The van der Waals surface area contributed by atoms with Crippen molar-refractivity contribution < 1.29 is 18.7 Å². The summed E-state index contributed by atoms with van der Waals surface area (Å²) in [5.74, 6) is -1.56. The molecule has 0 aliphatic carbocycles. The van der Waals surface area contributed by atoms with Gasteiger partial charge in [-0.2, -0.15) is 5.10 Å². The van der Waals surface area contributed by atoms with Crippen LogP contribution in [-0.4, -0.2) is 24.6 Å². The number of hydrogen-bond acceptors (Lipinski definition) is 4. The van der Waals surface area contributed by atoms with Gasteiger partial charge in [0, 0.05) is 5.69 Å². The van der Waals surface area contributed by atoms with E-state index in [1.54, 1.807) is 18.2 Å². The van der Waals surface area contributed by atoms with Gasteiger partial charge in [-0.3, -0.25) is 9.59 Å². The summed E-state index contributed by atoms with van der Waals surface area (Å²) < 4.78 is 18.3. The Kier molecular flexibility index (Phi) is 6.65. The van der Waals surface area contributed by atoms with E-state index < -0.39 is 17.6 Å². The van der Waals surface area contributed by atoms with Gasteiger partial charge in [0.15, 0.2) is 0 Å². The van der Waals surface area contributed by atoms with Gasteiger partial charge in [-0.1, -0.05) is 19.1 Å². The number of rotatable bonds is 6. The third kappa shape index (κ3) is 6.06. The molecular formula is C18H18FN3O3. The first-order chi connectivity index (χ1) is 12.1. The van der Waals surface area contributed by atoms with Crippen molar-refractivity contribution in [3.05, 3.63) is 59.9 Å². The number of nitrogens with zero attached hydrogens (tertiary/aromatic N) is 1. The minimum absolute atomic E-state index is 0.311. The van der Waals surface area contributed by atoms with Crippen LogP contribution in [0, 0.1) is 5.82 Å². The van der Waals surface area contributed by atoms with Crippen molar-refractivity contribution in [2.24, 2.45) is 5.10 Å². The van der Waals surface area contributed by atoms with E-state index in [0.717, 1.165) is 6.42 Å². The number of benzene rings is 2. The minimum Gasteiger partial charge on any atom is -0.494 e. The standard InChI is InChI=1S/C18H18FN3O3/c1-2-10-25-16-5-3-4-13(11-16)12-20-22-18(24)17(23)21-15-8-6-14(19)7-9-15/h3-9,11-12H,2,10H2,1H3,(H,21,23)(H,22,24)/b20-12-.